The van der Waals surface area contributed by atoms with Crippen LogP contribution in [0.5, 0.6) is 5.75 Å². The highest BCUT2D eigenvalue weighted by atomic mass is 127. The van der Waals surface area contributed by atoms with Crippen LogP contribution in [0.1, 0.15) is 18.1 Å². The number of aryl methyl sites for hydroxylation is 1. The lowest BCUT2D eigenvalue weighted by molar-refractivity contribution is -0.0495. The van der Waals surface area contributed by atoms with E-state index in [-0.39, 0.29) is 35.8 Å². The number of rotatable bonds is 6. The monoisotopic (exact) mass is 521 g/mol. The smallest absolute Gasteiger partial charge is 0.387 e. The molecule has 0 spiro atoms. The summed E-state index contributed by atoms with van der Waals surface area (Å²) in [5.41, 5.74) is 0.671. The topological polar surface area (TPSA) is 79.6 Å². The summed E-state index contributed by atoms with van der Waals surface area (Å²) in [6, 6.07) is 6.99. The van der Waals surface area contributed by atoms with Crippen molar-refractivity contribution in [3.8, 4) is 5.75 Å². The molecule has 2 N–H and O–H groups in total. The van der Waals surface area contributed by atoms with E-state index in [9.17, 15) is 8.78 Å². The van der Waals surface area contributed by atoms with E-state index in [0.29, 0.717) is 24.7 Å². The van der Waals surface area contributed by atoms with Crippen molar-refractivity contribution in [1.82, 2.24) is 25.4 Å². The Bertz CT molecular complexity index is 830. The van der Waals surface area contributed by atoms with Crippen LogP contribution in [0, 0.1) is 6.92 Å². The van der Waals surface area contributed by atoms with Crippen molar-refractivity contribution in [3.63, 3.8) is 0 Å². The number of alkyl halides is 2. The molecule has 1 aromatic heterocycles. The highest BCUT2D eigenvalue weighted by Gasteiger charge is 2.26. The molecular formula is C18H26F2IN7O. The molecule has 8 nitrogen and oxygen atoms in total. The Balaban J connectivity index is 0.00000300. The van der Waals surface area contributed by atoms with E-state index in [4.69, 9.17) is 0 Å². The first-order chi connectivity index (χ1) is 13.5. The highest BCUT2D eigenvalue weighted by molar-refractivity contribution is 14.0. The molecule has 3 rings (SSSR count). The number of nitrogens with zero attached hydrogens (tertiary/aromatic N) is 5. The molecule has 11 heteroatoms. The summed E-state index contributed by atoms with van der Waals surface area (Å²) >= 11 is 0. The van der Waals surface area contributed by atoms with Gasteiger partial charge in [0.25, 0.3) is 0 Å². The number of benzene rings is 1. The third-order valence-corrected chi connectivity index (χ3v) is 4.77. The second kappa shape index (κ2) is 10.6. The van der Waals surface area contributed by atoms with Crippen LogP contribution in [-0.2, 0) is 13.6 Å². The molecule has 1 atom stereocenters. The van der Waals surface area contributed by atoms with Crippen molar-refractivity contribution in [2.45, 2.75) is 32.5 Å². The number of aromatic nitrogens is 3. The van der Waals surface area contributed by atoms with Crippen LogP contribution in [-0.4, -0.2) is 53.5 Å². The molecule has 29 heavy (non-hydrogen) atoms. The van der Waals surface area contributed by atoms with Crippen molar-refractivity contribution in [2.75, 3.05) is 25.0 Å². The zero-order valence-electron chi connectivity index (χ0n) is 16.6. The normalized spacial score (nSPS) is 16.7. The van der Waals surface area contributed by atoms with Gasteiger partial charge in [-0.05, 0) is 25.5 Å². The number of guanidine groups is 1. The zero-order chi connectivity index (χ0) is 20.1. The van der Waals surface area contributed by atoms with Gasteiger partial charge in [0.1, 0.15) is 11.6 Å². The van der Waals surface area contributed by atoms with E-state index >= 15 is 0 Å². The van der Waals surface area contributed by atoms with Crippen LogP contribution in [0.25, 0.3) is 0 Å². The largest absolute Gasteiger partial charge is 0.433 e. The van der Waals surface area contributed by atoms with Crippen molar-refractivity contribution < 1.29 is 13.5 Å². The molecule has 1 fully saturated rings. The average Bonchev–Trinajstić information content (AvgIpc) is 3.26. The molecule has 2 heterocycles. The molecule has 0 saturated carbocycles. The van der Waals surface area contributed by atoms with Gasteiger partial charge in [0.2, 0.25) is 0 Å². The lowest BCUT2D eigenvalue weighted by atomic mass is 10.2. The maximum Gasteiger partial charge on any atom is 0.387 e. The first-order valence-electron chi connectivity index (χ1n) is 9.08. The van der Waals surface area contributed by atoms with Crippen molar-refractivity contribution in [2.24, 2.45) is 12.0 Å². The van der Waals surface area contributed by atoms with E-state index in [1.54, 1.807) is 25.2 Å². The van der Waals surface area contributed by atoms with Gasteiger partial charge < -0.3 is 24.8 Å². The molecule has 1 aliphatic rings. The van der Waals surface area contributed by atoms with E-state index in [2.05, 4.69) is 30.6 Å². The van der Waals surface area contributed by atoms with Crippen LogP contribution < -0.4 is 20.3 Å². The van der Waals surface area contributed by atoms with Gasteiger partial charge in [0, 0.05) is 33.2 Å². The molecule has 1 aliphatic heterocycles. The molecule has 1 aromatic carbocycles. The van der Waals surface area contributed by atoms with Gasteiger partial charge in [0.15, 0.2) is 11.8 Å². The lowest BCUT2D eigenvalue weighted by Gasteiger charge is -2.22. The van der Waals surface area contributed by atoms with Gasteiger partial charge in [-0.15, -0.1) is 34.2 Å². The number of hydrogen-bond acceptors (Lipinski definition) is 5. The van der Waals surface area contributed by atoms with Gasteiger partial charge in [-0.25, -0.2) is 0 Å². The predicted octanol–water partition coefficient (Wildman–Crippen LogP) is 2.29. The first-order valence-corrected chi connectivity index (χ1v) is 9.08. The highest BCUT2D eigenvalue weighted by Crippen LogP contribution is 2.31. The fourth-order valence-corrected chi connectivity index (χ4v) is 3.17. The number of anilines is 1. The number of halogens is 3. The Morgan fingerprint density at radius 2 is 2.10 bits per heavy atom. The second-order valence-electron chi connectivity index (χ2n) is 6.57. The van der Waals surface area contributed by atoms with E-state index in [1.165, 1.54) is 0 Å². The second-order valence-corrected chi connectivity index (χ2v) is 6.57. The number of nitrogens with one attached hydrogen (secondary N) is 2. The predicted molar refractivity (Wildman–Crippen MR) is 118 cm³/mol. The average molecular weight is 521 g/mol. The maximum atomic E-state index is 12.6. The molecule has 1 unspecified atom stereocenters. The summed E-state index contributed by atoms with van der Waals surface area (Å²) in [6.07, 6.45) is 0.854. The molecule has 0 radical (unpaired) electrons. The van der Waals surface area contributed by atoms with Gasteiger partial charge in [0.05, 0.1) is 12.2 Å². The zero-order valence-corrected chi connectivity index (χ0v) is 18.9. The summed E-state index contributed by atoms with van der Waals surface area (Å²) in [5, 5.41) is 14.8. The third-order valence-electron chi connectivity index (χ3n) is 4.77. The number of hydrogen-bond donors (Lipinski definition) is 2. The quantitative estimate of drug-likeness (QED) is 0.345. The Hall–Kier alpha value is -2.18. The molecule has 0 aliphatic carbocycles. The molecule has 0 bridgehead atoms. The minimum Gasteiger partial charge on any atom is -0.433 e. The van der Waals surface area contributed by atoms with Gasteiger partial charge >= 0.3 is 6.61 Å². The standard InChI is InChI=1S/C18H25F2N7O.HI/c1-12-24-25-16(26(12)3)10-22-18(21-2)23-13-8-9-27(11-13)14-6-4-5-7-15(14)28-17(19)20;/h4-7,13,17H,8-11H2,1-3H3,(H2,21,22,23);1H. The Morgan fingerprint density at radius 3 is 2.76 bits per heavy atom. The number of aliphatic imine (C=N–C) groups is 1. The van der Waals surface area contributed by atoms with Crippen molar-refractivity contribution in [3.05, 3.63) is 35.9 Å². The Labute approximate surface area is 185 Å². The van der Waals surface area contributed by atoms with Crippen LogP contribution in [0.2, 0.25) is 0 Å². The molecule has 1 saturated heterocycles. The van der Waals surface area contributed by atoms with Crippen LogP contribution in [0.3, 0.4) is 0 Å². The van der Waals surface area contributed by atoms with E-state index in [1.807, 2.05) is 29.5 Å². The van der Waals surface area contributed by atoms with Gasteiger partial charge in [-0.3, -0.25) is 4.99 Å². The van der Waals surface area contributed by atoms with Crippen LogP contribution in [0.15, 0.2) is 29.3 Å². The number of ether oxygens (including phenoxy) is 1. The lowest BCUT2D eigenvalue weighted by Crippen LogP contribution is -2.44. The van der Waals surface area contributed by atoms with Crippen LogP contribution >= 0.6 is 24.0 Å². The molecule has 160 valence electrons. The summed E-state index contributed by atoms with van der Waals surface area (Å²) in [5.74, 6) is 2.50. The van der Waals surface area contributed by atoms with Crippen molar-refractivity contribution >= 4 is 35.6 Å². The van der Waals surface area contributed by atoms with Crippen LogP contribution in [0.4, 0.5) is 14.5 Å². The fourth-order valence-electron chi connectivity index (χ4n) is 3.17. The number of para-hydroxylation sites is 2. The molecule has 2 aromatic rings. The summed E-state index contributed by atoms with van der Waals surface area (Å²) in [4.78, 5) is 6.29. The minimum atomic E-state index is -2.84. The molecular weight excluding hydrogens is 495 g/mol. The first kappa shape index (κ1) is 23.1. The fraction of sp³-hybridized carbons (Fsp3) is 0.500. The Kier molecular flexibility index (Phi) is 8.41. The van der Waals surface area contributed by atoms with Crippen molar-refractivity contribution in [1.29, 1.82) is 0 Å². The van der Waals surface area contributed by atoms with E-state index < -0.39 is 6.61 Å². The van der Waals surface area contributed by atoms with Gasteiger partial charge in [-0.1, -0.05) is 12.1 Å². The summed E-state index contributed by atoms with van der Waals surface area (Å²) in [7, 11) is 3.62. The summed E-state index contributed by atoms with van der Waals surface area (Å²) < 4.78 is 31.9. The van der Waals surface area contributed by atoms with Gasteiger partial charge in [-0.2, -0.15) is 8.78 Å². The Morgan fingerprint density at radius 1 is 1.34 bits per heavy atom. The SMILES string of the molecule is CN=C(NCc1nnc(C)n1C)NC1CCN(c2ccccc2OC(F)F)C1.I. The summed E-state index contributed by atoms with van der Waals surface area (Å²) in [6.45, 7) is 0.948. The third kappa shape index (κ3) is 5.90. The van der Waals surface area contributed by atoms with E-state index in [0.717, 1.165) is 24.6 Å². The maximum absolute atomic E-state index is 12.6. The molecule has 0 amide bonds. The minimum absolute atomic E-state index is 0.